The average Bonchev–Trinajstić information content (AvgIpc) is 3.27. The number of nitrogens with one attached hydrogen (secondary N) is 1. The Morgan fingerprint density at radius 1 is 1.26 bits per heavy atom. The van der Waals surface area contributed by atoms with E-state index in [1.165, 1.54) is 10.6 Å². The van der Waals surface area contributed by atoms with E-state index in [-0.39, 0.29) is 23.9 Å². The molecule has 0 saturated carbocycles. The summed E-state index contributed by atoms with van der Waals surface area (Å²) in [6, 6.07) is 7.52. The molecule has 2 aliphatic heterocycles. The van der Waals surface area contributed by atoms with Crippen LogP contribution in [0.1, 0.15) is 42.6 Å². The first-order valence-electron chi connectivity index (χ1n) is 10.5. The number of likely N-dealkylation sites (tertiary alicyclic amines) is 1. The zero-order valence-electron chi connectivity index (χ0n) is 18.2. The summed E-state index contributed by atoms with van der Waals surface area (Å²) in [7, 11) is -3.19. The molecule has 1 atom stereocenters. The summed E-state index contributed by atoms with van der Waals surface area (Å²) in [5, 5.41) is 6.93. The van der Waals surface area contributed by atoms with Crippen LogP contribution in [0.2, 0.25) is 0 Å². The molecule has 9 nitrogen and oxygen atoms in total. The number of carbonyl (C=O) groups excluding carboxylic acids is 1. The van der Waals surface area contributed by atoms with Crippen molar-refractivity contribution in [3.63, 3.8) is 0 Å². The molecule has 0 bridgehead atoms. The van der Waals surface area contributed by atoms with E-state index in [2.05, 4.69) is 20.4 Å². The van der Waals surface area contributed by atoms with E-state index in [1.807, 2.05) is 31.2 Å². The summed E-state index contributed by atoms with van der Waals surface area (Å²) in [5.74, 6) is 0.983. The summed E-state index contributed by atoms with van der Waals surface area (Å²) >= 11 is 0. The summed E-state index contributed by atoms with van der Waals surface area (Å²) in [6.45, 7) is 5.63. The monoisotopic (exact) mass is 447 g/mol. The summed E-state index contributed by atoms with van der Waals surface area (Å²) < 4.78 is 30.8. The van der Waals surface area contributed by atoms with Crippen molar-refractivity contribution in [2.45, 2.75) is 39.2 Å². The Kier molecular flexibility index (Phi) is 5.89. The van der Waals surface area contributed by atoms with Crippen LogP contribution in [0.5, 0.6) is 0 Å². The van der Waals surface area contributed by atoms with Crippen LogP contribution in [0, 0.1) is 19.3 Å². The lowest BCUT2D eigenvalue weighted by molar-refractivity contribution is -0.117. The number of amides is 1. The lowest BCUT2D eigenvalue weighted by Crippen LogP contribution is -2.44. The second kappa shape index (κ2) is 8.33. The molecule has 1 spiro atoms. The van der Waals surface area contributed by atoms with Crippen molar-refractivity contribution in [2.24, 2.45) is 5.41 Å². The first-order valence-corrected chi connectivity index (χ1v) is 12.3. The molecule has 2 aromatic rings. The Morgan fingerprint density at radius 2 is 1.97 bits per heavy atom. The minimum Gasteiger partial charge on any atom is -0.338 e. The van der Waals surface area contributed by atoms with Gasteiger partial charge in [0.1, 0.15) is 0 Å². The number of benzene rings is 1. The van der Waals surface area contributed by atoms with Crippen LogP contribution in [-0.4, -0.2) is 66.1 Å². The normalized spacial score (nSPS) is 22.1. The number of piperidine rings is 1. The molecule has 1 unspecified atom stereocenters. The Hall–Kier alpha value is -2.30. The topological polar surface area (TPSA) is 109 Å². The molecule has 3 heterocycles. The lowest BCUT2D eigenvalue weighted by Gasteiger charge is -2.38. The third-order valence-corrected chi connectivity index (χ3v) is 7.76. The SMILES string of the molecule is Cc1noc(C2CC3(CCN(S(C)(=O)=O)CC3)CN2CC(=O)Nc2ccccc2C)n1. The highest BCUT2D eigenvalue weighted by atomic mass is 32.2. The Bertz CT molecular complexity index is 1060. The van der Waals surface area contributed by atoms with E-state index >= 15 is 0 Å². The van der Waals surface area contributed by atoms with E-state index in [1.54, 1.807) is 6.92 Å². The van der Waals surface area contributed by atoms with Crippen molar-refractivity contribution < 1.29 is 17.7 Å². The zero-order valence-corrected chi connectivity index (χ0v) is 19.0. The zero-order chi connectivity index (χ0) is 22.2. The highest BCUT2D eigenvalue weighted by molar-refractivity contribution is 7.88. The highest BCUT2D eigenvalue weighted by Crippen LogP contribution is 2.48. The molecule has 0 aliphatic carbocycles. The lowest BCUT2D eigenvalue weighted by atomic mass is 9.77. The fourth-order valence-corrected chi connectivity index (χ4v) is 5.59. The van der Waals surface area contributed by atoms with E-state index in [4.69, 9.17) is 4.52 Å². The second-order valence-electron chi connectivity index (χ2n) is 8.83. The molecule has 1 aromatic heterocycles. The van der Waals surface area contributed by atoms with Gasteiger partial charge in [0.25, 0.3) is 0 Å². The molecule has 10 heteroatoms. The number of para-hydroxylation sites is 1. The van der Waals surface area contributed by atoms with Crippen molar-refractivity contribution in [1.82, 2.24) is 19.3 Å². The molecule has 168 valence electrons. The second-order valence-corrected chi connectivity index (χ2v) is 10.8. The first kappa shape index (κ1) is 21.9. The Morgan fingerprint density at radius 3 is 2.58 bits per heavy atom. The third kappa shape index (κ3) is 4.81. The van der Waals surface area contributed by atoms with E-state index in [9.17, 15) is 13.2 Å². The van der Waals surface area contributed by atoms with Crippen molar-refractivity contribution >= 4 is 21.6 Å². The Labute approximate surface area is 182 Å². The summed E-state index contributed by atoms with van der Waals surface area (Å²) in [6.07, 6.45) is 3.52. The number of hydrogen-bond donors (Lipinski definition) is 1. The van der Waals surface area contributed by atoms with Crippen molar-refractivity contribution in [3.8, 4) is 0 Å². The molecule has 2 fully saturated rings. The van der Waals surface area contributed by atoms with Crippen LogP contribution in [0.3, 0.4) is 0 Å². The number of carbonyl (C=O) groups is 1. The van der Waals surface area contributed by atoms with Gasteiger partial charge in [0.05, 0.1) is 18.8 Å². The smallest absolute Gasteiger partial charge is 0.244 e. The molecule has 31 heavy (non-hydrogen) atoms. The van der Waals surface area contributed by atoms with Crippen LogP contribution < -0.4 is 5.32 Å². The molecule has 1 N–H and O–H groups in total. The molecule has 2 aliphatic rings. The molecule has 0 radical (unpaired) electrons. The van der Waals surface area contributed by atoms with Gasteiger partial charge in [0.15, 0.2) is 5.82 Å². The van der Waals surface area contributed by atoms with Crippen molar-refractivity contribution in [3.05, 3.63) is 41.5 Å². The van der Waals surface area contributed by atoms with Gasteiger partial charge in [-0.1, -0.05) is 23.4 Å². The standard InChI is InChI=1S/C21H29N5O4S/c1-15-6-4-5-7-17(15)23-19(27)13-25-14-21(8-10-26(11-9-21)31(3,28)29)12-18(25)20-22-16(2)24-30-20/h4-7,18H,8-14H2,1-3H3,(H,23,27). The maximum absolute atomic E-state index is 12.9. The molecular weight excluding hydrogens is 418 g/mol. The minimum atomic E-state index is -3.19. The Balaban J connectivity index is 1.50. The van der Waals surface area contributed by atoms with Gasteiger partial charge in [-0.15, -0.1) is 0 Å². The van der Waals surface area contributed by atoms with Crippen LogP contribution >= 0.6 is 0 Å². The largest absolute Gasteiger partial charge is 0.338 e. The van der Waals surface area contributed by atoms with E-state index < -0.39 is 10.0 Å². The summed E-state index contributed by atoms with van der Waals surface area (Å²) in [5.41, 5.74) is 1.73. The van der Waals surface area contributed by atoms with Gasteiger partial charge in [-0.05, 0) is 50.2 Å². The number of sulfonamides is 1. The van der Waals surface area contributed by atoms with Crippen molar-refractivity contribution in [2.75, 3.05) is 37.8 Å². The van der Waals surface area contributed by atoms with E-state index in [0.717, 1.165) is 30.5 Å². The number of anilines is 1. The number of hydrogen-bond acceptors (Lipinski definition) is 7. The van der Waals surface area contributed by atoms with Gasteiger partial charge in [0, 0.05) is 25.3 Å². The molecular formula is C21H29N5O4S. The fraction of sp³-hybridized carbons (Fsp3) is 0.571. The van der Waals surface area contributed by atoms with Crippen LogP contribution in [-0.2, 0) is 14.8 Å². The van der Waals surface area contributed by atoms with Crippen molar-refractivity contribution in [1.29, 1.82) is 0 Å². The van der Waals surface area contributed by atoms with Gasteiger partial charge >= 0.3 is 0 Å². The predicted molar refractivity (Wildman–Crippen MR) is 116 cm³/mol. The first-order chi connectivity index (χ1) is 14.7. The number of nitrogens with zero attached hydrogens (tertiary/aromatic N) is 4. The van der Waals surface area contributed by atoms with Gasteiger partial charge in [-0.25, -0.2) is 12.7 Å². The maximum Gasteiger partial charge on any atom is 0.244 e. The quantitative estimate of drug-likeness (QED) is 0.748. The maximum atomic E-state index is 12.9. The summed E-state index contributed by atoms with van der Waals surface area (Å²) in [4.78, 5) is 19.4. The number of rotatable bonds is 5. The molecule has 2 saturated heterocycles. The third-order valence-electron chi connectivity index (χ3n) is 6.45. The van der Waals surface area contributed by atoms with Gasteiger partial charge < -0.3 is 9.84 Å². The average molecular weight is 448 g/mol. The highest BCUT2D eigenvalue weighted by Gasteiger charge is 2.49. The van der Waals surface area contributed by atoms with Crippen LogP contribution in [0.15, 0.2) is 28.8 Å². The van der Waals surface area contributed by atoms with Gasteiger partial charge in [-0.3, -0.25) is 9.69 Å². The van der Waals surface area contributed by atoms with Gasteiger partial charge in [0.2, 0.25) is 21.8 Å². The molecule has 4 rings (SSSR count). The fourth-order valence-electron chi connectivity index (χ4n) is 4.74. The van der Waals surface area contributed by atoms with Crippen LogP contribution in [0.4, 0.5) is 5.69 Å². The number of aryl methyl sites for hydroxylation is 2. The number of aromatic nitrogens is 2. The molecule has 1 amide bonds. The van der Waals surface area contributed by atoms with Crippen LogP contribution in [0.25, 0.3) is 0 Å². The van der Waals surface area contributed by atoms with Gasteiger partial charge in [-0.2, -0.15) is 4.98 Å². The predicted octanol–water partition coefficient (Wildman–Crippen LogP) is 2.11. The van der Waals surface area contributed by atoms with E-state index in [0.29, 0.717) is 31.3 Å². The molecule has 1 aromatic carbocycles. The minimum absolute atomic E-state index is 0.0722.